The Labute approximate surface area is 206 Å². The first-order valence-corrected chi connectivity index (χ1v) is 12.2. The second kappa shape index (κ2) is 18.1. The highest BCUT2D eigenvalue weighted by Crippen LogP contribution is 2.03. The van der Waals surface area contributed by atoms with Crippen molar-refractivity contribution >= 4 is 49.1 Å². The summed E-state index contributed by atoms with van der Waals surface area (Å²) >= 11 is 8.05. The number of unbranched alkanes of at least 4 members (excludes halogenated alkanes) is 1. The van der Waals surface area contributed by atoms with Gasteiger partial charge >= 0.3 is 6.09 Å². The molecule has 0 radical (unpaired) electrons. The third kappa shape index (κ3) is 14.4. The SMILES string of the molecule is O=C(CCS)NCCCCC(NC(=O)CCS)C(=O)NCCNC(=O)OCc1ccccc1. The van der Waals surface area contributed by atoms with Gasteiger partial charge in [-0.2, -0.15) is 25.3 Å². The number of hydrogen-bond acceptors (Lipinski definition) is 7. The summed E-state index contributed by atoms with van der Waals surface area (Å²) in [5.74, 6) is 0.226. The molecule has 0 saturated heterocycles. The fourth-order valence-electron chi connectivity index (χ4n) is 2.78. The van der Waals surface area contributed by atoms with Gasteiger partial charge in [0.2, 0.25) is 17.7 Å². The van der Waals surface area contributed by atoms with Gasteiger partial charge in [0.1, 0.15) is 12.6 Å². The summed E-state index contributed by atoms with van der Waals surface area (Å²) in [6.07, 6.45) is 1.75. The van der Waals surface area contributed by atoms with Gasteiger partial charge in [0.25, 0.3) is 0 Å². The fraction of sp³-hybridized carbons (Fsp3) is 0.545. The number of rotatable bonds is 16. The van der Waals surface area contributed by atoms with Gasteiger partial charge in [-0.3, -0.25) is 14.4 Å². The average molecular weight is 499 g/mol. The minimum atomic E-state index is -0.699. The summed E-state index contributed by atoms with van der Waals surface area (Å²) in [7, 11) is 0. The molecule has 0 aliphatic heterocycles. The number of thiol groups is 2. The van der Waals surface area contributed by atoms with Crippen molar-refractivity contribution in [3.8, 4) is 0 Å². The number of alkyl carbamates (subject to hydrolysis) is 1. The van der Waals surface area contributed by atoms with Crippen LogP contribution in [0.5, 0.6) is 0 Å². The lowest BCUT2D eigenvalue weighted by Crippen LogP contribution is -2.48. The fourth-order valence-corrected chi connectivity index (χ4v) is 3.18. The Morgan fingerprint density at radius 2 is 1.48 bits per heavy atom. The lowest BCUT2D eigenvalue weighted by molar-refractivity contribution is -0.129. The third-order valence-corrected chi connectivity index (χ3v) is 4.92. The van der Waals surface area contributed by atoms with E-state index in [4.69, 9.17) is 4.74 Å². The Kier molecular flexibility index (Phi) is 15.7. The van der Waals surface area contributed by atoms with Crippen LogP contribution < -0.4 is 21.3 Å². The van der Waals surface area contributed by atoms with Crippen LogP contribution >= 0.6 is 25.3 Å². The van der Waals surface area contributed by atoms with E-state index in [1.807, 2.05) is 30.3 Å². The van der Waals surface area contributed by atoms with Gasteiger partial charge in [0, 0.05) is 32.5 Å². The first-order valence-electron chi connectivity index (χ1n) is 11.0. The lowest BCUT2D eigenvalue weighted by Gasteiger charge is -2.18. The molecular weight excluding hydrogens is 464 g/mol. The molecule has 11 heteroatoms. The molecule has 0 heterocycles. The highest BCUT2D eigenvalue weighted by molar-refractivity contribution is 7.80. The summed E-state index contributed by atoms with van der Waals surface area (Å²) in [5.41, 5.74) is 0.877. The molecule has 33 heavy (non-hydrogen) atoms. The Balaban J connectivity index is 2.32. The van der Waals surface area contributed by atoms with E-state index >= 15 is 0 Å². The van der Waals surface area contributed by atoms with Crippen LogP contribution in [0.15, 0.2) is 30.3 Å². The van der Waals surface area contributed by atoms with E-state index in [1.54, 1.807) is 0 Å². The molecule has 0 aliphatic carbocycles. The van der Waals surface area contributed by atoms with Crippen LogP contribution in [-0.2, 0) is 25.7 Å². The van der Waals surface area contributed by atoms with E-state index in [0.717, 1.165) is 5.56 Å². The van der Waals surface area contributed by atoms with Gasteiger partial charge in [0.05, 0.1) is 0 Å². The molecule has 1 unspecified atom stereocenters. The first-order chi connectivity index (χ1) is 16.0. The van der Waals surface area contributed by atoms with E-state index < -0.39 is 12.1 Å². The van der Waals surface area contributed by atoms with Gasteiger partial charge in [0.15, 0.2) is 0 Å². The zero-order valence-corrected chi connectivity index (χ0v) is 20.5. The summed E-state index contributed by atoms with van der Waals surface area (Å²) in [6.45, 7) is 1.04. The summed E-state index contributed by atoms with van der Waals surface area (Å²) < 4.78 is 5.11. The quantitative estimate of drug-likeness (QED) is 0.152. The smallest absolute Gasteiger partial charge is 0.407 e. The van der Waals surface area contributed by atoms with E-state index in [0.29, 0.717) is 43.7 Å². The standard InChI is InChI=1S/C22H34N4O5S2/c27-19(9-14-32)23-11-5-4-8-18(26-20(28)10-15-33)21(29)24-12-13-25-22(30)31-16-17-6-2-1-3-7-17/h1-3,6-7,18,32-33H,4-5,8-16H2,(H,23,27)(H,24,29)(H,25,30)(H,26,28). The van der Waals surface area contributed by atoms with Crippen LogP contribution in [0.25, 0.3) is 0 Å². The van der Waals surface area contributed by atoms with Gasteiger partial charge in [-0.1, -0.05) is 30.3 Å². The summed E-state index contributed by atoms with van der Waals surface area (Å²) in [4.78, 5) is 47.7. The number of hydrogen-bond donors (Lipinski definition) is 6. The number of amides is 4. The summed E-state index contributed by atoms with van der Waals surface area (Å²) in [6, 6.07) is 8.60. The van der Waals surface area contributed by atoms with Crippen molar-refractivity contribution in [2.75, 3.05) is 31.1 Å². The zero-order valence-electron chi connectivity index (χ0n) is 18.7. The molecule has 1 aromatic carbocycles. The Bertz CT molecular complexity index is 737. The molecule has 0 fully saturated rings. The Morgan fingerprint density at radius 1 is 0.818 bits per heavy atom. The maximum Gasteiger partial charge on any atom is 0.407 e. The van der Waals surface area contributed by atoms with Crippen molar-refractivity contribution < 1.29 is 23.9 Å². The molecule has 9 nitrogen and oxygen atoms in total. The second-order valence-electron chi connectivity index (χ2n) is 7.19. The molecule has 0 aromatic heterocycles. The van der Waals surface area contributed by atoms with Crippen molar-refractivity contribution in [1.82, 2.24) is 21.3 Å². The second-order valence-corrected chi connectivity index (χ2v) is 8.09. The Hall–Kier alpha value is -2.40. The molecule has 0 aliphatic rings. The van der Waals surface area contributed by atoms with E-state index in [-0.39, 0.29) is 43.8 Å². The first kappa shape index (κ1) is 28.6. The van der Waals surface area contributed by atoms with Crippen molar-refractivity contribution in [2.24, 2.45) is 0 Å². The minimum absolute atomic E-state index is 0.0591. The highest BCUT2D eigenvalue weighted by atomic mass is 32.1. The molecule has 1 rings (SSSR count). The number of carbonyl (C=O) groups is 4. The lowest BCUT2D eigenvalue weighted by atomic mass is 10.1. The molecule has 0 bridgehead atoms. The molecule has 0 spiro atoms. The van der Waals surface area contributed by atoms with E-state index in [1.165, 1.54) is 0 Å². The molecule has 4 amide bonds. The predicted octanol–water partition coefficient (Wildman–Crippen LogP) is 1.44. The topological polar surface area (TPSA) is 126 Å². The van der Waals surface area contributed by atoms with Crippen molar-refractivity contribution in [3.63, 3.8) is 0 Å². The maximum atomic E-state index is 12.5. The summed E-state index contributed by atoms with van der Waals surface area (Å²) in [5, 5.41) is 10.8. The number of carbonyl (C=O) groups excluding carboxylic acids is 4. The molecule has 184 valence electrons. The Morgan fingerprint density at radius 3 is 2.18 bits per heavy atom. The van der Waals surface area contributed by atoms with Crippen LogP contribution in [-0.4, -0.2) is 61.0 Å². The van der Waals surface area contributed by atoms with E-state index in [2.05, 4.69) is 46.5 Å². The van der Waals surface area contributed by atoms with Crippen LogP contribution in [0, 0.1) is 0 Å². The van der Waals surface area contributed by atoms with Crippen LogP contribution in [0.3, 0.4) is 0 Å². The maximum absolute atomic E-state index is 12.5. The zero-order chi connectivity index (χ0) is 24.3. The third-order valence-electron chi connectivity index (χ3n) is 4.48. The molecular formula is C22H34N4O5S2. The van der Waals surface area contributed by atoms with Crippen molar-refractivity contribution in [1.29, 1.82) is 0 Å². The van der Waals surface area contributed by atoms with Crippen LogP contribution in [0.4, 0.5) is 4.79 Å². The number of ether oxygens (including phenoxy) is 1. The number of benzene rings is 1. The van der Waals surface area contributed by atoms with E-state index in [9.17, 15) is 19.2 Å². The van der Waals surface area contributed by atoms with Crippen molar-refractivity contribution in [2.45, 2.75) is 44.8 Å². The molecule has 4 N–H and O–H groups in total. The van der Waals surface area contributed by atoms with Gasteiger partial charge in [-0.05, 0) is 36.3 Å². The van der Waals surface area contributed by atoms with Crippen molar-refractivity contribution in [3.05, 3.63) is 35.9 Å². The van der Waals surface area contributed by atoms with Gasteiger partial charge in [-0.25, -0.2) is 4.79 Å². The molecule has 1 aromatic rings. The molecule has 0 saturated carbocycles. The molecule has 1 atom stereocenters. The van der Waals surface area contributed by atoms with Gasteiger partial charge in [-0.15, -0.1) is 0 Å². The largest absolute Gasteiger partial charge is 0.445 e. The number of nitrogens with one attached hydrogen (secondary N) is 4. The minimum Gasteiger partial charge on any atom is -0.445 e. The normalized spacial score (nSPS) is 11.2. The highest BCUT2D eigenvalue weighted by Gasteiger charge is 2.20. The monoisotopic (exact) mass is 498 g/mol. The predicted molar refractivity (Wildman–Crippen MR) is 133 cm³/mol. The van der Waals surface area contributed by atoms with Crippen LogP contribution in [0.2, 0.25) is 0 Å². The van der Waals surface area contributed by atoms with Crippen LogP contribution in [0.1, 0.15) is 37.7 Å². The van der Waals surface area contributed by atoms with Gasteiger partial charge < -0.3 is 26.0 Å². The average Bonchev–Trinajstić information content (AvgIpc) is 2.80.